The standard InChI is InChI=1S/C22H24N4O4S2/c1-2-17-14-19(27)25-21(23-17)16-5-3-6-18(13-16)24-22(28)15-8-10-26(11-9-15)32(29,30)20-7-4-12-31-20/h3-7,12-15H,2,8-11H2,1H3,(H,24,28)(H,23,25,27). The number of rotatable bonds is 6. The molecule has 1 aliphatic heterocycles. The zero-order valence-electron chi connectivity index (χ0n) is 17.6. The number of hydrogen-bond acceptors (Lipinski definition) is 6. The Morgan fingerprint density at radius 1 is 1.22 bits per heavy atom. The molecule has 4 rings (SSSR count). The van der Waals surface area contributed by atoms with Crippen molar-refractivity contribution in [3.8, 4) is 11.4 Å². The van der Waals surface area contributed by atoms with Crippen LogP contribution in [0.2, 0.25) is 0 Å². The average Bonchev–Trinajstić information content (AvgIpc) is 3.35. The molecule has 168 valence electrons. The van der Waals surface area contributed by atoms with Crippen LogP contribution in [-0.2, 0) is 21.2 Å². The van der Waals surface area contributed by atoms with Crippen molar-refractivity contribution < 1.29 is 13.2 Å². The highest BCUT2D eigenvalue weighted by atomic mass is 32.2. The van der Waals surface area contributed by atoms with Gasteiger partial charge in [-0.05, 0) is 42.8 Å². The molecular formula is C22H24N4O4S2. The Bertz CT molecular complexity index is 1260. The first-order valence-electron chi connectivity index (χ1n) is 10.4. The maximum atomic E-state index is 12.8. The Morgan fingerprint density at radius 3 is 2.69 bits per heavy atom. The number of nitrogens with zero attached hydrogens (tertiary/aromatic N) is 2. The van der Waals surface area contributed by atoms with Gasteiger partial charge in [-0.15, -0.1) is 11.3 Å². The van der Waals surface area contributed by atoms with Crippen molar-refractivity contribution in [1.82, 2.24) is 14.3 Å². The highest BCUT2D eigenvalue weighted by Crippen LogP contribution is 2.27. The molecule has 1 amide bonds. The molecule has 10 heteroatoms. The summed E-state index contributed by atoms with van der Waals surface area (Å²) in [5.74, 6) is 0.0476. The van der Waals surface area contributed by atoms with E-state index in [-0.39, 0.29) is 17.4 Å². The maximum absolute atomic E-state index is 12.8. The molecule has 32 heavy (non-hydrogen) atoms. The number of aromatic amines is 1. The lowest BCUT2D eigenvalue weighted by atomic mass is 9.97. The molecule has 2 N–H and O–H groups in total. The van der Waals surface area contributed by atoms with Gasteiger partial charge in [0.15, 0.2) is 0 Å². The molecule has 1 aliphatic rings. The second-order valence-corrected chi connectivity index (χ2v) is 10.7. The Kier molecular flexibility index (Phi) is 6.54. The number of nitrogens with one attached hydrogen (secondary N) is 2. The Balaban J connectivity index is 1.42. The van der Waals surface area contributed by atoms with Gasteiger partial charge in [-0.2, -0.15) is 4.31 Å². The summed E-state index contributed by atoms with van der Waals surface area (Å²) in [7, 11) is -3.49. The van der Waals surface area contributed by atoms with E-state index in [9.17, 15) is 18.0 Å². The van der Waals surface area contributed by atoms with Gasteiger partial charge in [0.05, 0.1) is 0 Å². The number of benzene rings is 1. The van der Waals surface area contributed by atoms with Gasteiger partial charge in [0.1, 0.15) is 10.0 Å². The van der Waals surface area contributed by atoms with Gasteiger partial charge in [0, 0.05) is 42.0 Å². The van der Waals surface area contributed by atoms with E-state index >= 15 is 0 Å². The predicted molar refractivity (Wildman–Crippen MR) is 124 cm³/mol. The van der Waals surface area contributed by atoms with Gasteiger partial charge in [-0.25, -0.2) is 13.4 Å². The lowest BCUT2D eigenvalue weighted by Gasteiger charge is -2.30. The summed E-state index contributed by atoms with van der Waals surface area (Å²) >= 11 is 1.20. The summed E-state index contributed by atoms with van der Waals surface area (Å²) in [6.45, 7) is 2.56. The van der Waals surface area contributed by atoms with Gasteiger partial charge in [-0.1, -0.05) is 25.1 Å². The Morgan fingerprint density at radius 2 is 2.00 bits per heavy atom. The van der Waals surface area contributed by atoms with E-state index in [1.807, 2.05) is 13.0 Å². The normalized spacial score (nSPS) is 15.5. The fourth-order valence-corrected chi connectivity index (χ4v) is 6.32. The van der Waals surface area contributed by atoms with Crippen LogP contribution in [0.3, 0.4) is 0 Å². The van der Waals surface area contributed by atoms with Gasteiger partial charge in [-0.3, -0.25) is 9.59 Å². The predicted octanol–water partition coefficient (Wildman–Crippen LogP) is 3.10. The number of amides is 1. The topological polar surface area (TPSA) is 112 Å². The van der Waals surface area contributed by atoms with Crippen molar-refractivity contribution in [3.05, 3.63) is 63.9 Å². The summed E-state index contributed by atoms with van der Waals surface area (Å²) in [5, 5.41) is 4.66. The van der Waals surface area contributed by atoms with Crippen LogP contribution in [0.25, 0.3) is 11.4 Å². The van der Waals surface area contributed by atoms with Crippen molar-refractivity contribution in [1.29, 1.82) is 0 Å². The van der Waals surface area contributed by atoms with Crippen molar-refractivity contribution in [2.75, 3.05) is 18.4 Å². The monoisotopic (exact) mass is 472 g/mol. The summed E-state index contributed by atoms with van der Waals surface area (Å²) < 4.78 is 27.1. The number of sulfonamides is 1. The smallest absolute Gasteiger partial charge is 0.252 e. The van der Waals surface area contributed by atoms with E-state index in [2.05, 4.69) is 15.3 Å². The third-order valence-electron chi connectivity index (χ3n) is 5.47. The molecule has 8 nitrogen and oxygen atoms in total. The highest BCUT2D eigenvalue weighted by Gasteiger charge is 2.32. The van der Waals surface area contributed by atoms with Crippen LogP contribution in [0.15, 0.2) is 56.8 Å². The lowest BCUT2D eigenvalue weighted by Crippen LogP contribution is -2.41. The third-order valence-corrected chi connectivity index (χ3v) is 8.75. The van der Waals surface area contributed by atoms with E-state index in [1.165, 1.54) is 21.7 Å². The zero-order chi connectivity index (χ0) is 22.7. The second kappa shape index (κ2) is 9.35. The van der Waals surface area contributed by atoms with Crippen LogP contribution < -0.4 is 10.9 Å². The number of H-pyrrole nitrogens is 1. The minimum atomic E-state index is -3.49. The van der Waals surface area contributed by atoms with Crippen LogP contribution in [0.4, 0.5) is 5.69 Å². The molecule has 1 saturated heterocycles. The van der Waals surface area contributed by atoms with Gasteiger partial charge >= 0.3 is 0 Å². The fourth-order valence-electron chi connectivity index (χ4n) is 3.71. The number of carbonyl (C=O) groups is 1. The van der Waals surface area contributed by atoms with E-state index in [0.717, 1.165) is 0 Å². The molecule has 0 radical (unpaired) electrons. The minimum Gasteiger partial charge on any atom is -0.326 e. The Labute approximate surface area is 190 Å². The van der Waals surface area contributed by atoms with E-state index in [0.29, 0.717) is 59.3 Å². The largest absolute Gasteiger partial charge is 0.326 e. The summed E-state index contributed by atoms with van der Waals surface area (Å²) in [5.41, 5.74) is 1.78. The first-order valence-corrected chi connectivity index (χ1v) is 12.7. The number of hydrogen-bond donors (Lipinski definition) is 2. The molecule has 1 fully saturated rings. The molecule has 3 aromatic rings. The second-order valence-electron chi connectivity index (χ2n) is 7.62. The van der Waals surface area contributed by atoms with Crippen molar-refractivity contribution in [2.45, 2.75) is 30.4 Å². The van der Waals surface area contributed by atoms with E-state index in [4.69, 9.17) is 0 Å². The van der Waals surface area contributed by atoms with Gasteiger partial charge in [0.25, 0.3) is 15.6 Å². The molecule has 0 atom stereocenters. The van der Waals surface area contributed by atoms with Crippen LogP contribution in [0, 0.1) is 5.92 Å². The number of aromatic nitrogens is 2. The van der Waals surface area contributed by atoms with Crippen molar-refractivity contribution in [2.24, 2.45) is 5.92 Å². The highest BCUT2D eigenvalue weighted by molar-refractivity contribution is 7.91. The lowest BCUT2D eigenvalue weighted by molar-refractivity contribution is -0.120. The minimum absolute atomic E-state index is 0.140. The quantitative estimate of drug-likeness (QED) is 0.573. The van der Waals surface area contributed by atoms with Gasteiger partial charge < -0.3 is 10.3 Å². The molecule has 2 aromatic heterocycles. The molecule has 0 bridgehead atoms. The molecule has 3 heterocycles. The zero-order valence-corrected chi connectivity index (χ0v) is 19.2. The molecule has 0 saturated carbocycles. The molecule has 0 aliphatic carbocycles. The van der Waals surface area contributed by atoms with Crippen LogP contribution in [0.1, 0.15) is 25.5 Å². The maximum Gasteiger partial charge on any atom is 0.252 e. The first kappa shape index (κ1) is 22.4. The SMILES string of the molecule is CCc1cc(=O)[nH]c(-c2cccc(NC(=O)C3CCN(S(=O)(=O)c4cccs4)CC3)c2)n1. The number of aryl methyl sites for hydroxylation is 1. The molecule has 0 spiro atoms. The fraction of sp³-hybridized carbons (Fsp3) is 0.318. The summed E-state index contributed by atoms with van der Waals surface area (Å²) in [6, 6.07) is 12.0. The van der Waals surface area contributed by atoms with Crippen molar-refractivity contribution >= 4 is 33.0 Å². The summed E-state index contributed by atoms with van der Waals surface area (Å²) in [4.78, 5) is 31.9. The molecule has 0 unspecified atom stereocenters. The number of thiophene rings is 1. The number of carbonyl (C=O) groups excluding carboxylic acids is 1. The van der Waals surface area contributed by atoms with Crippen LogP contribution in [0.5, 0.6) is 0 Å². The Hall–Kier alpha value is -2.82. The van der Waals surface area contributed by atoms with Gasteiger partial charge in [0.2, 0.25) is 5.91 Å². The van der Waals surface area contributed by atoms with E-state index in [1.54, 1.807) is 35.7 Å². The average molecular weight is 473 g/mol. The van der Waals surface area contributed by atoms with E-state index < -0.39 is 10.0 Å². The summed E-state index contributed by atoms with van der Waals surface area (Å²) in [6.07, 6.45) is 1.57. The number of anilines is 1. The first-order chi connectivity index (χ1) is 15.4. The van der Waals surface area contributed by atoms with Crippen LogP contribution >= 0.6 is 11.3 Å². The number of piperidine rings is 1. The van der Waals surface area contributed by atoms with Crippen molar-refractivity contribution in [3.63, 3.8) is 0 Å². The van der Waals surface area contributed by atoms with Crippen LogP contribution in [-0.4, -0.2) is 41.7 Å². The molecular weight excluding hydrogens is 448 g/mol. The molecule has 1 aromatic carbocycles. The third kappa shape index (κ3) is 4.82.